The molecule has 0 bridgehead atoms. The van der Waals surface area contributed by atoms with E-state index in [4.69, 9.17) is 4.74 Å². The molecule has 112 valence electrons. The molecule has 0 saturated heterocycles. The molecule has 21 heavy (non-hydrogen) atoms. The number of carbonyl (C=O) groups excluding carboxylic acids is 1. The van der Waals surface area contributed by atoms with Crippen LogP contribution in [0.2, 0.25) is 0 Å². The van der Waals surface area contributed by atoms with E-state index in [1.165, 1.54) is 23.0 Å². The molecule has 2 aromatic rings. The quantitative estimate of drug-likeness (QED) is 0.861. The Labute approximate surface area is 120 Å². The zero-order valence-corrected chi connectivity index (χ0v) is 11.7. The van der Waals surface area contributed by atoms with Gasteiger partial charge in [-0.25, -0.2) is 13.6 Å². The lowest BCUT2D eigenvalue weighted by Crippen LogP contribution is -2.12. The van der Waals surface area contributed by atoms with Crippen molar-refractivity contribution in [3.63, 3.8) is 0 Å². The van der Waals surface area contributed by atoms with Crippen molar-refractivity contribution in [1.29, 1.82) is 0 Å². The molecule has 0 saturated carbocycles. The number of esters is 1. The second kappa shape index (κ2) is 6.34. The standard InChI is InChI=1S/C14H15F2N3O2/c1-3-21-14(20)12-7-18-19(2)13(12)8-17-11-5-9(15)4-10(16)6-11/h4-7,17H,3,8H2,1-2H3. The van der Waals surface area contributed by atoms with Gasteiger partial charge in [0, 0.05) is 18.8 Å². The second-order valence-electron chi connectivity index (χ2n) is 4.36. The number of hydrogen-bond acceptors (Lipinski definition) is 4. The molecule has 0 aliphatic heterocycles. The van der Waals surface area contributed by atoms with Crippen LogP contribution in [0.4, 0.5) is 14.5 Å². The highest BCUT2D eigenvalue weighted by atomic mass is 19.1. The third-order valence-corrected chi connectivity index (χ3v) is 2.88. The fourth-order valence-electron chi connectivity index (χ4n) is 1.89. The Bertz CT molecular complexity index is 635. The summed E-state index contributed by atoms with van der Waals surface area (Å²) in [5, 5.41) is 6.85. The third kappa shape index (κ3) is 3.56. The van der Waals surface area contributed by atoms with Gasteiger partial charge >= 0.3 is 5.97 Å². The average molecular weight is 295 g/mol. The zero-order valence-electron chi connectivity index (χ0n) is 11.7. The Morgan fingerprint density at radius 3 is 2.62 bits per heavy atom. The van der Waals surface area contributed by atoms with E-state index in [2.05, 4.69) is 10.4 Å². The van der Waals surface area contributed by atoms with Crippen LogP contribution in [-0.4, -0.2) is 22.4 Å². The first-order chi connectivity index (χ1) is 10.0. The molecule has 0 fully saturated rings. The largest absolute Gasteiger partial charge is 0.462 e. The highest BCUT2D eigenvalue weighted by Gasteiger charge is 2.17. The first-order valence-corrected chi connectivity index (χ1v) is 6.39. The molecule has 5 nitrogen and oxygen atoms in total. The third-order valence-electron chi connectivity index (χ3n) is 2.88. The number of carbonyl (C=O) groups is 1. The molecular formula is C14H15F2N3O2. The summed E-state index contributed by atoms with van der Waals surface area (Å²) in [7, 11) is 1.67. The minimum Gasteiger partial charge on any atom is -0.462 e. The van der Waals surface area contributed by atoms with Crippen LogP contribution in [0.3, 0.4) is 0 Å². The lowest BCUT2D eigenvalue weighted by Gasteiger charge is -2.09. The van der Waals surface area contributed by atoms with Gasteiger partial charge in [0.25, 0.3) is 0 Å². The highest BCUT2D eigenvalue weighted by molar-refractivity contribution is 5.90. The number of aryl methyl sites for hydroxylation is 1. The van der Waals surface area contributed by atoms with Crippen molar-refractivity contribution in [2.24, 2.45) is 7.05 Å². The van der Waals surface area contributed by atoms with Crippen molar-refractivity contribution in [1.82, 2.24) is 9.78 Å². The van der Waals surface area contributed by atoms with Crippen LogP contribution in [0.15, 0.2) is 24.4 Å². The summed E-state index contributed by atoms with van der Waals surface area (Å²) in [6, 6.07) is 3.13. The maximum absolute atomic E-state index is 13.1. The average Bonchev–Trinajstić information content (AvgIpc) is 2.77. The zero-order chi connectivity index (χ0) is 15.4. The minimum absolute atomic E-state index is 0.188. The van der Waals surface area contributed by atoms with Gasteiger partial charge < -0.3 is 10.1 Å². The molecule has 1 aromatic heterocycles. The lowest BCUT2D eigenvalue weighted by molar-refractivity contribution is 0.0525. The summed E-state index contributed by atoms with van der Waals surface area (Å²) in [6.45, 7) is 2.16. The molecule has 7 heteroatoms. The van der Waals surface area contributed by atoms with E-state index >= 15 is 0 Å². The molecule has 0 unspecified atom stereocenters. The number of benzene rings is 1. The molecule has 0 radical (unpaired) electrons. The first-order valence-electron chi connectivity index (χ1n) is 6.39. The van der Waals surface area contributed by atoms with E-state index in [-0.39, 0.29) is 18.8 Å². The number of ether oxygens (including phenoxy) is 1. The highest BCUT2D eigenvalue weighted by Crippen LogP contribution is 2.16. The summed E-state index contributed by atoms with van der Waals surface area (Å²) in [5.41, 5.74) is 1.17. The number of hydrogen-bond donors (Lipinski definition) is 1. The van der Waals surface area contributed by atoms with Gasteiger partial charge in [-0.05, 0) is 19.1 Å². The van der Waals surface area contributed by atoms with Crippen LogP contribution in [0.1, 0.15) is 23.0 Å². The summed E-state index contributed by atoms with van der Waals surface area (Å²) in [6.07, 6.45) is 1.40. The molecule has 0 amide bonds. The van der Waals surface area contributed by atoms with E-state index in [9.17, 15) is 13.6 Å². The Morgan fingerprint density at radius 2 is 2.00 bits per heavy atom. The molecule has 1 heterocycles. The topological polar surface area (TPSA) is 56.1 Å². The first kappa shape index (κ1) is 15.0. The summed E-state index contributed by atoms with van der Waals surface area (Å²) < 4.78 is 32.7. The van der Waals surface area contributed by atoms with E-state index in [1.807, 2.05) is 0 Å². The Morgan fingerprint density at radius 1 is 1.33 bits per heavy atom. The van der Waals surface area contributed by atoms with Gasteiger partial charge in [-0.1, -0.05) is 0 Å². The maximum Gasteiger partial charge on any atom is 0.341 e. The predicted octanol–water partition coefficient (Wildman–Crippen LogP) is 2.49. The van der Waals surface area contributed by atoms with Crippen molar-refractivity contribution in [2.75, 3.05) is 11.9 Å². The minimum atomic E-state index is -0.673. The lowest BCUT2D eigenvalue weighted by atomic mass is 10.2. The molecular weight excluding hydrogens is 280 g/mol. The molecule has 0 aliphatic rings. The molecule has 0 aliphatic carbocycles. The van der Waals surface area contributed by atoms with E-state index in [0.29, 0.717) is 11.3 Å². The Hall–Kier alpha value is -2.44. The van der Waals surface area contributed by atoms with Crippen LogP contribution in [0, 0.1) is 11.6 Å². The summed E-state index contributed by atoms with van der Waals surface area (Å²) >= 11 is 0. The van der Waals surface area contributed by atoms with Gasteiger partial charge in [0.15, 0.2) is 0 Å². The Kier molecular flexibility index (Phi) is 4.52. The number of nitrogens with one attached hydrogen (secondary N) is 1. The summed E-state index contributed by atoms with van der Waals surface area (Å²) in [4.78, 5) is 11.8. The summed E-state index contributed by atoms with van der Waals surface area (Å²) in [5.74, 6) is -1.82. The number of nitrogens with zero attached hydrogens (tertiary/aromatic N) is 2. The molecule has 0 spiro atoms. The van der Waals surface area contributed by atoms with Gasteiger partial charge in [-0.3, -0.25) is 4.68 Å². The second-order valence-corrected chi connectivity index (χ2v) is 4.36. The van der Waals surface area contributed by atoms with Crippen LogP contribution >= 0.6 is 0 Å². The monoisotopic (exact) mass is 295 g/mol. The van der Waals surface area contributed by atoms with Crippen LogP contribution < -0.4 is 5.32 Å². The fraction of sp³-hybridized carbons (Fsp3) is 0.286. The fourth-order valence-corrected chi connectivity index (χ4v) is 1.89. The van der Waals surface area contributed by atoms with Crippen molar-refractivity contribution in [3.05, 3.63) is 47.3 Å². The van der Waals surface area contributed by atoms with Gasteiger partial charge in [-0.2, -0.15) is 5.10 Å². The smallest absolute Gasteiger partial charge is 0.341 e. The van der Waals surface area contributed by atoms with Crippen LogP contribution in [0.5, 0.6) is 0 Å². The molecule has 1 N–H and O–H groups in total. The molecule has 1 aromatic carbocycles. The molecule has 0 atom stereocenters. The van der Waals surface area contributed by atoms with E-state index < -0.39 is 17.6 Å². The molecule has 2 rings (SSSR count). The number of halogens is 2. The predicted molar refractivity (Wildman–Crippen MR) is 72.8 cm³/mol. The number of anilines is 1. The van der Waals surface area contributed by atoms with Crippen LogP contribution in [0.25, 0.3) is 0 Å². The van der Waals surface area contributed by atoms with Crippen molar-refractivity contribution in [2.45, 2.75) is 13.5 Å². The van der Waals surface area contributed by atoms with Crippen LogP contribution in [-0.2, 0) is 18.3 Å². The van der Waals surface area contributed by atoms with Gasteiger partial charge in [0.1, 0.15) is 17.2 Å². The maximum atomic E-state index is 13.1. The number of aromatic nitrogens is 2. The number of rotatable bonds is 5. The van der Waals surface area contributed by atoms with E-state index in [0.717, 1.165) is 6.07 Å². The van der Waals surface area contributed by atoms with Crippen molar-refractivity contribution >= 4 is 11.7 Å². The van der Waals surface area contributed by atoms with E-state index in [1.54, 1.807) is 14.0 Å². The van der Waals surface area contributed by atoms with Gasteiger partial charge in [0.2, 0.25) is 0 Å². The van der Waals surface area contributed by atoms with Gasteiger partial charge in [-0.15, -0.1) is 0 Å². The normalized spacial score (nSPS) is 10.5. The van der Waals surface area contributed by atoms with Gasteiger partial charge in [0.05, 0.1) is 25.0 Å². The Balaban J connectivity index is 2.16. The van der Waals surface area contributed by atoms with Crippen molar-refractivity contribution in [3.8, 4) is 0 Å². The SMILES string of the molecule is CCOC(=O)c1cnn(C)c1CNc1cc(F)cc(F)c1. The van der Waals surface area contributed by atoms with Crippen molar-refractivity contribution < 1.29 is 18.3 Å².